The fraction of sp³-hybridized carbons (Fsp3) is 0.429. The van der Waals surface area contributed by atoms with Gasteiger partial charge in [-0.3, -0.25) is 9.67 Å². The highest BCUT2D eigenvalue weighted by atomic mass is 16.5. The van der Waals surface area contributed by atoms with Crippen molar-refractivity contribution in [3.8, 4) is 5.75 Å². The van der Waals surface area contributed by atoms with E-state index in [2.05, 4.69) is 10.1 Å². The van der Waals surface area contributed by atoms with Gasteiger partial charge < -0.3 is 10.5 Å². The summed E-state index contributed by atoms with van der Waals surface area (Å²) in [5, 5.41) is 4.12. The molecule has 2 rings (SSSR count). The molecule has 2 aromatic heterocycles. The number of aromatic nitrogens is 3. The van der Waals surface area contributed by atoms with Crippen LogP contribution < -0.4 is 10.5 Å². The molecule has 0 spiro atoms. The lowest BCUT2D eigenvalue weighted by molar-refractivity contribution is 0.317. The summed E-state index contributed by atoms with van der Waals surface area (Å²) >= 11 is 0. The second-order valence-electron chi connectivity index (χ2n) is 4.71. The van der Waals surface area contributed by atoms with Gasteiger partial charge in [-0.15, -0.1) is 0 Å². The van der Waals surface area contributed by atoms with E-state index in [1.54, 1.807) is 12.4 Å². The summed E-state index contributed by atoms with van der Waals surface area (Å²) in [6.07, 6.45) is 5.16. The summed E-state index contributed by atoms with van der Waals surface area (Å²) in [4.78, 5) is 4.33. The van der Waals surface area contributed by atoms with Crippen LogP contribution in [0.1, 0.15) is 18.3 Å². The molecule has 0 saturated heterocycles. The van der Waals surface area contributed by atoms with Gasteiger partial charge in [0.1, 0.15) is 5.75 Å². The predicted octanol–water partition coefficient (Wildman–Crippen LogP) is 1.33. The molecular formula is C14H20N4O. The van der Waals surface area contributed by atoms with Crippen molar-refractivity contribution >= 4 is 0 Å². The van der Waals surface area contributed by atoms with Crippen molar-refractivity contribution in [1.82, 2.24) is 14.8 Å². The molecule has 0 fully saturated rings. The summed E-state index contributed by atoms with van der Waals surface area (Å²) in [6.45, 7) is 2.59. The Morgan fingerprint density at radius 1 is 1.37 bits per heavy atom. The van der Waals surface area contributed by atoms with Gasteiger partial charge >= 0.3 is 0 Å². The van der Waals surface area contributed by atoms with E-state index in [0.29, 0.717) is 6.61 Å². The largest absolute Gasteiger partial charge is 0.492 e. The van der Waals surface area contributed by atoms with Gasteiger partial charge in [0.25, 0.3) is 0 Å². The van der Waals surface area contributed by atoms with Crippen LogP contribution in [0.25, 0.3) is 0 Å². The van der Waals surface area contributed by atoms with Gasteiger partial charge in [-0.1, -0.05) is 0 Å². The van der Waals surface area contributed by atoms with Crippen molar-refractivity contribution in [2.24, 2.45) is 12.8 Å². The summed E-state index contributed by atoms with van der Waals surface area (Å²) in [6, 6.07) is 6.02. The Bertz CT molecular complexity index is 504. The van der Waals surface area contributed by atoms with Crippen molar-refractivity contribution in [2.45, 2.75) is 25.8 Å². The fourth-order valence-corrected chi connectivity index (χ4v) is 1.87. The molecule has 0 aromatic carbocycles. The number of rotatable bonds is 6. The fourth-order valence-electron chi connectivity index (χ4n) is 1.87. The lowest BCUT2D eigenvalue weighted by Crippen LogP contribution is -2.18. The average molecular weight is 260 g/mol. The van der Waals surface area contributed by atoms with Gasteiger partial charge in [0.05, 0.1) is 12.8 Å². The molecule has 2 heterocycles. The third-order valence-electron chi connectivity index (χ3n) is 2.88. The molecule has 0 saturated carbocycles. The highest BCUT2D eigenvalue weighted by Gasteiger charge is 2.02. The van der Waals surface area contributed by atoms with Gasteiger partial charge in [0.2, 0.25) is 0 Å². The molecule has 5 nitrogen and oxygen atoms in total. The summed E-state index contributed by atoms with van der Waals surface area (Å²) in [7, 11) is 1.93. The second kappa shape index (κ2) is 6.33. The molecule has 5 heteroatoms. The molecular weight excluding hydrogens is 240 g/mol. The van der Waals surface area contributed by atoms with Crippen LogP contribution in [0.2, 0.25) is 0 Å². The topological polar surface area (TPSA) is 66.0 Å². The second-order valence-corrected chi connectivity index (χ2v) is 4.71. The van der Waals surface area contributed by atoms with E-state index in [4.69, 9.17) is 10.5 Å². The van der Waals surface area contributed by atoms with Gasteiger partial charge in [-0.2, -0.15) is 5.10 Å². The maximum Gasteiger partial charge on any atom is 0.137 e. The van der Waals surface area contributed by atoms with E-state index in [0.717, 1.165) is 30.0 Å². The normalized spacial score (nSPS) is 12.4. The quantitative estimate of drug-likeness (QED) is 0.851. The molecule has 2 aromatic rings. The van der Waals surface area contributed by atoms with Crippen LogP contribution in [-0.2, 0) is 19.9 Å². The lowest BCUT2D eigenvalue weighted by Gasteiger charge is -2.08. The highest BCUT2D eigenvalue weighted by molar-refractivity contribution is 5.20. The van der Waals surface area contributed by atoms with Crippen molar-refractivity contribution < 1.29 is 4.74 Å². The number of hydrogen-bond donors (Lipinski definition) is 1. The van der Waals surface area contributed by atoms with E-state index >= 15 is 0 Å². The van der Waals surface area contributed by atoms with E-state index in [1.165, 1.54) is 0 Å². The van der Waals surface area contributed by atoms with Crippen molar-refractivity contribution in [2.75, 3.05) is 6.61 Å². The molecule has 0 amide bonds. The Morgan fingerprint density at radius 3 is 2.79 bits per heavy atom. The molecule has 1 unspecified atom stereocenters. The lowest BCUT2D eigenvalue weighted by atomic mass is 10.2. The van der Waals surface area contributed by atoms with Gasteiger partial charge in [-0.25, -0.2) is 0 Å². The molecule has 1 atom stereocenters. The highest BCUT2D eigenvalue weighted by Crippen LogP contribution is 2.10. The van der Waals surface area contributed by atoms with Crippen LogP contribution in [0, 0.1) is 0 Å². The zero-order valence-electron chi connectivity index (χ0n) is 11.4. The number of aryl methyl sites for hydroxylation is 1. The van der Waals surface area contributed by atoms with Gasteiger partial charge in [0, 0.05) is 43.5 Å². The first-order chi connectivity index (χ1) is 9.15. The zero-order chi connectivity index (χ0) is 13.7. The molecule has 0 aliphatic rings. The van der Waals surface area contributed by atoms with E-state index in [1.807, 2.05) is 36.9 Å². The first-order valence-corrected chi connectivity index (χ1v) is 6.45. The van der Waals surface area contributed by atoms with Crippen LogP contribution in [0.5, 0.6) is 5.75 Å². The van der Waals surface area contributed by atoms with Crippen LogP contribution in [0.3, 0.4) is 0 Å². The van der Waals surface area contributed by atoms with E-state index < -0.39 is 0 Å². The third-order valence-corrected chi connectivity index (χ3v) is 2.88. The Kier molecular flexibility index (Phi) is 4.52. The predicted molar refractivity (Wildman–Crippen MR) is 74.0 cm³/mol. The summed E-state index contributed by atoms with van der Waals surface area (Å²) < 4.78 is 7.51. The van der Waals surface area contributed by atoms with Gasteiger partial charge in [-0.05, 0) is 25.1 Å². The number of nitrogens with zero attached hydrogens (tertiary/aromatic N) is 3. The molecule has 0 aliphatic carbocycles. The standard InChI is InChI=1S/C14H20N4O/c1-11(15)9-12-3-4-14(10-16-12)19-8-6-13-5-7-17-18(13)2/h3-5,7,10-11H,6,8-9,15H2,1-2H3. The Balaban J connectivity index is 1.81. The maximum atomic E-state index is 5.73. The van der Waals surface area contributed by atoms with Crippen molar-refractivity contribution in [3.63, 3.8) is 0 Å². The van der Waals surface area contributed by atoms with Crippen LogP contribution >= 0.6 is 0 Å². The van der Waals surface area contributed by atoms with Crippen molar-refractivity contribution in [3.05, 3.63) is 42.0 Å². The summed E-state index contributed by atoms with van der Waals surface area (Å²) in [5.41, 5.74) is 7.88. The molecule has 2 N–H and O–H groups in total. The number of hydrogen-bond acceptors (Lipinski definition) is 4. The number of ether oxygens (including phenoxy) is 1. The van der Waals surface area contributed by atoms with Crippen molar-refractivity contribution in [1.29, 1.82) is 0 Å². The smallest absolute Gasteiger partial charge is 0.137 e. The minimum Gasteiger partial charge on any atom is -0.492 e. The maximum absolute atomic E-state index is 5.73. The van der Waals surface area contributed by atoms with Crippen LogP contribution in [0.4, 0.5) is 0 Å². The van der Waals surface area contributed by atoms with E-state index in [-0.39, 0.29) is 6.04 Å². The SMILES string of the molecule is CC(N)Cc1ccc(OCCc2ccnn2C)cn1. The third kappa shape index (κ3) is 4.06. The first kappa shape index (κ1) is 13.5. The van der Waals surface area contributed by atoms with Crippen LogP contribution in [0.15, 0.2) is 30.6 Å². The Labute approximate surface area is 113 Å². The molecule has 0 aliphatic heterocycles. The first-order valence-electron chi connectivity index (χ1n) is 6.45. The molecule has 102 valence electrons. The molecule has 0 radical (unpaired) electrons. The minimum atomic E-state index is 0.129. The molecule has 19 heavy (non-hydrogen) atoms. The minimum absolute atomic E-state index is 0.129. The summed E-state index contributed by atoms with van der Waals surface area (Å²) in [5.74, 6) is 0.788. The van der Waals surface area contributed by atoms with Gasteiger partial charge in [0.15, 0.2) is 0 Å². The van der Waals surface area contributed by atoms with Crippen LogP contribution in [-0.4, -0.2) is 27.4 Å². The zero-order valence-corrected chi connectivity index (χ0v) is 11.4. The molecule has 0 bridgehead atoms. The number of pyridine rings is 1. The number of nitrogens with two attached hydrogens (primary N) is 1. The average Bonchev–Trinajstić information content (AvgIpc) is 2.77. The van der Waals surface area contributed by atoms with E-state index in [9.17, 15) is 0 Å². The Morgan fingerprint density at radius 2 is 2.21 bits per heavy atom. The monoisotopic (exact) mass is 260 g/mol. The Hall–Kier alpha value is -1.88.